The Hall–Kier alpha value is -2.92. The molecule has 0 unspecified atom stereocenters. The number of hydrogen-bond donors (Lipinski definition) is 2. The number of hydrogen-bond acceptors (Lipinski definition) is 6. The summed E-state index contributed by atoms with van der Waals surface area (Å²) in [6.07, 6.45) is 4.83. The summed E-state index contributed by atoms with van der Waals surface area (Å²) in [4.78, 5) is 20.4. The summed E-state index contributed by atoms with van der Waals surface area (Å²) in [6.45, 7) is 3.04. The molecule has 2 fully saturated rings. The van der Waals surface area contributed by atoms with Crippen molar-refractivity contribution in [3.05, 3.63) is 48.4 Å². The molecule has 3 heterocycles. The molecule has 11 heteroatoms. The number of carbonyl (C=O) groups is 1. The fourth-order valence-electron chi connectivity index (χ4n) is 5.62. The van der Waals surface area contributed by atoms with Crippen LogP contribution < -0.4 is 15.2 Å². The number of halogens is 2. The van der Waals surface area contributed by atoms with E-state index in [1.807, 2.05) is 12.1 Å². The van der Waals surface area contributed by atoms with E-state index in [4.69, 9.17) is 10.5 Å². The Bertz CT molecular complexity index is 1250. The van der Waals surface area contributed by atoms with Gasteiger partial charge in [0.05, 0.1) is 12.8 Å². The Morgan fingerprint density at radius 2 is 2.03 bits per heavy atom. The Labute approximate surface area is 203 Å². The topological polar surface area (TPSA) is 124 Å². The lowest BCUT2D eigenvalue weighted by Crippen LogP contribution is -2.58. The molecule has 0 radical (unpaired) electrons. The first kappa shape index (κ1) is 25.2. The summed E-state index contributed by atoms with van der Waals surface area (Å²) in [7, 11) is -2.68. The van der Waals surface area contributed by atoms with E-state index in [2.05, 4.69) is 14.7 Å². The molecule has 1 amide bonds. The van der Waals surface area contributed by atoms with Crippen LogP contribution in [0.2, 0.25) is 0 Å². The first-order valence-corrected chi connectivity index (χ1v) is 12.7. The highest BCUT2D eigenvalue weighted by Gasteiger charge is 2.69. The first-order chi connectivity index (χ1) is 16.4. The molecule has 0 spiro atoms. The Kier molecular flexibility index (Phi) is 6.43. The van der Waals surface area contributed by atoms with Crippen molar-refractivity contribution in [1.82, 2.24) is 14.7 Å². The van der Waals surface area contributed by atoms with Crippen molar-refractivity contribution >= 4 is 22.0 Å². The van der Waals surface area contributed by atoms with Crippen molar-refractivity contribution in [2.45, 2.75) is 43.4 Å². The van der Waals surface area contributed by atoms with E-state index in [1.165, 1.54) is 14.0 Å². The molecule has 3 N–H and O–H groups in total. The van der Waals surface area contributed by atoms with Crippen molar-refractivity contribution in [3.8, 4) is 17.0 Å². The summed E-state index contributed by atoms with van der Waals surface area (Å²) in [5, 5.41) is 0. The van der Waals surface area contributed by atoms with Gasteiger partial charge in [0.25, 0.3) is 5.92 Å². The molecular weight excluding hydrogens is 478 g/mol. The van der Waals surface area contributed by atoms with Crippen LogP contribution in [0.3, 0.4) is 0 Å². The maximum Gasteiger partial charge on any atom is 0.252 e. The number of amides is 1. The minimum absolute atomic E-state index is 0.450. The van der Waals surface area contributed by atoms with Crippen molar-refractivity contribution in [3.63, 3.8) is 0 Å². The van der Waals surface area contributed by atoms with Crippen LogP contribution in [0, 0.1) is 17.8 Å². The second kappa shape index (κ2) is 8.94. The lowest BCUT2D eigenvalue weighted by atomic mass is 9.61. The molecule has 188 valence electrons. The number of carbonyl (C=O) groups excluding carboxylic acids is 1. The average molecular weight is 507 g/mol. The second-order valence-corrected chi connectivity index (χ2v) is 11.4. The average Bonchev–Trinajstić information content (AvgIpc) is 2.97. The summed E-state index contributed by atoms with van der Waals surface area (Å²) < 4.78 is 62.1. The number of methoxy groups -OCH3 is 1. The zero-order valence-electron chi connectivity index (χ0n) is 19.6. The fraction of sp³-hybridized carbons (Fsp3) is 0.458. The number of rotatable bonds is 6. The quantitative estimate of drug-likeness (QED) is 0.621. The number of alkyl halides is 2. The van der Waals surface area contributed by atoms with E-state index >= 15 is 8.78 Å². The monoisotopic (exact) mass is 506 g/mol. The highest BCUT2D eigenvalue weighted by Crippen LogP contribution is 2.58. The molecular formula is C24H28F2N4O4S. The van der Waals surface area contributed by atoms with Crippen molar-refractivity contribution in [2.24, 2.45) is 23.5 Å². The van der Waals surface area contributed by atoms with Gasteiger partial charge < -0.3 is 10.5 Å². The number of aromatic nitrogens is 2. The van der Waals surface area contributed by atoms with E-state index in [-0.39, 0.29) is 0 Å². The third-order valence-corrected chi connectivity index (χ3v) is 9.55. The number of nitrogens with zero attached hydrogens (tertiary/aromatic N) is 2. The smallest absolute Gasteiger partial charge is 0.252 e. The van der Waals surface area contributed by atoms with Crippen molar-refractivity contribution in [1.29, 1.82) is 0 Å². The fourth-order valence-corrected chi connectivity index (χ4v) is 7.93. The Balaban J connectivity index is 1.69. The van der Waals surface area contributed by atoms with E-state index in [0.717, 1.165) is 11.1 Å². The predicted octanol–water partition coefficient (Wildman–Crippen LogP) is 3.01. The molecule has 8 nitrogen and oxygen atoms in total. The van der Waals surface area contributed by atoms with Gasteiger partial charge in [-0.25, -0.2) is 26.9 Å². The molecule has 4 rings (SSSR count). The maximum absolute atomic E-state index is 15.2. The highest BCUT2D eigenvalue weighted by atomic mass is 32.2. The van der Waals surface area contributed by atoms with Gasteiger partial charge in [0.2, 0.25) is 21.8 Å². The molecule has 0 aromatic carbocycles. The zero-order valence-corrected chi connectivity index (χ0v) is 20.4. The standard InChI is InChI=1S/C24H28F2N4O4S/c1-14-18(9-8-17-7-6-16(12-29-17)19-5-4-10-28-22(19)34-3)21-15(2)30-35(32,33)23(21,11-20(27)31)13-24(14,25)26/h4-10,12,14-15,18,21,30H,11,13H2,1-3H3,(H2,27,31)/b9-8+/t14-,15+,18-,21-,23+/m0/s1. The number of primary amides is 1. The number of sulfonamides is 1. The number of fused-ring (bicyclic) bond motifs is 1. The SMILES string of the molecule is COc1ncccc1-c1ccc(/C=C/[C@@H]2[C@@H]3[C@@H](C)NS(=O)(=O)[C@]3(CC(N)=O)CC(F)(F)[C@H]2C)nc1. The summed E-state index contributed by atoms with van der Waals surface area (Å²) in [5.74, 6) is -6.53. The predicted molar refractivity (Wildman–Crippen MR) is 127 cm³/mol. The lowest BCUT2D eigenvalue weighted by molar-refractivity contribution is -0.133. The van der Waals surface area contributed by atoms with E-state index in [9.17, 15) is 13.2 Å². The molecule has 0 bridgehead atoms. The summed E-state index contributed by atoms with van der Waals surface area (Å²) in [5.41, 5.74) is 7.38. The van der Waals surface area contributed by atoms with Gasteiger partial charge in [0.1, 0.15) is 4.75 Å². The Morgan fingerprint density at radius 3 is 2.66 bits per heavy atom. The number of nitrogens with two attached hydrogens (primary N) is 1. The minimum Gasteiger partial charge on any atom is -0.481 e. The molecule has 1 aliphatic heterocycles. The minimum atomic E-state index is -4.20. The third kappa shape index (κ3) is 4.31. The van der Waals surface area contributed by atoms with Crippen LogP contribution in [0.1, 0.15) is 32.4 Å². The van der Waals surface area contributed by atoms with Crippen LogP contribution in [0.4, 0.5) is 8.78 Å². The molecule has 1 aliphatic carbocycles. The number of allylic oxidation sites excluding steroid dienone is 1. The van der Waals surface area contributed by atoms with Gasteiger partial charge in [-0.05, 0) is 37.1 Å². The van der Waals surface area contributed by atoms with E-state index < -0.39 is 63.2 Å². The third-order valence-electron chi connectivity index (χ3n) is 7.24. The number of pyridine rings is 2. The van der Waals surface area contributed by atoms with Gasteiger partial charge in [-0.1, -0.05) is 19.1 Å². The van der Waals surface area contributed by atoms with Gasteiger partial charge in [-0.15, -0.1) is 0 Å². The van der Waals surface area contributed by atoms with Gasteiger partial charge in [0.15, 0.2) is 0 Å². The van der Waals surface area contributed by atoms with Crippen LogP contribution >= 0.6 is 0 Å². The first-order valence-electron chi connectivity index (χ1n) is 11.2. The van der Waals surface area contributed by atoms with Gasteiger partial charge >= 0.3 is 0 Å². The van der Waals surface area contributed by atoms with Crippen LogP contribution in [0.15, 0.2) is 42.7 Å². The van der Waals surface area contributed by atoms with E-state index in [1.54, 1.807) is 43.6 Å². The molecule has 2 aromatic rings. The largest absolute Gasteiger partial charge is 0.481 e. The normalized spacial score (nSPS) is 31.2. The van der Waals surface area contributed by atoms with Gasteiger partial charge in [-0.2, -0.15) is 0 Å². The Morgan fingerprint density at radius 1 is 1.29 bits per heavy atom. The molecule has 1 saturated carbocycles. The molecule has 35 heavy (non-hydrogen) atoms. The molecule has 1 saturated heterocycles. The van der Waals surface area contributed by atoms with Crippen LogP contribution in [-0.4, -0.2) is 48.1 Å². The summed E-state index contributed by atoms with van der Waals surface area (Å²) in [6, 6.07) is 6.53. The second-order valence-electron chi connectivity index (χ2n) is 9.34. The van der Waals surface area contributed by atoms with Crippen molar-refractivity contribution < 1.29 is 26.7 Å². The van der Waals surface area contributed by atoms with Gasteiger partial charge in [0, 0.05) is 54.2 Å². The molecule has 2 aliphatic rings. The van der Waals surface area contributed by atoms with Crippen LogP contribution in [0.5, 0.6) is 5.88 Å². The molecule has 5 atom stereocenters. The van der Waals surface area contributed by atoms with E-state index in [0.29, 0.717) is 11.6 Å². The lowest BCUT2D eigenvalue weighted by Gasteiger charge is -2.48. The molecule has 2 aromatic heterocycles. The summed E-state index contributed by atoms with van der Waals surface area (Å²) >= 11 is 0. The highest BCUT2D eigenvalue weighted by molar-refractivity contribution is 7.91. The number of ether oxygens (including phenoxy) is 1. The van der Waals surface area contributed by atoms with Crippen LogP contribution in [0.25, 0.3) is 17.2 Å². The van der Waals surface area contributed by atoms with Crippen molar-refractivity contribution in [2.75, 3.05) is 7.11 Å². The van der Waals surface area contributed by atoms with Gasteiger partial charge in [-0.3, -0.25) is 9.78 Å². The van der Waals surface area contributed by atoms with Crippen LogP contribution in [-0.2, 0) is 14.8 Å². The number of nitrogens with one attached hydrogen (secondary N) is 1. The zero-order chi connectivity index (χ0) is 25.6. The maximum atomic E-state index is 15.2.